The second kappa shape index (κ2) is 5.55. The molecule has 2 aliphatic rings. The lowest BCUT2D eigenvalue weighted by Gasteiger charge is -2.42. The van der Waals surface area contributed by atoms with Crippen LogP contribution in [0.1, 0.15) is 34.8 Å². The van der Waals surface area contributed by atoms with Gasteiger partial charge in [-0.1, -0.05) is 0 Å². The van der Waals surface area contributed by atoms with Crippen molar-refractivity contribution in [3.63, 3.8) is 0 Å². The Balaban J connectivity index is 1.80. The van der Waals surface area contributed by atoms with E-state index in [9.17, 15) is 9.59 Å². The van der Waals surface area contributed by atoms with Gasteiger partial charge < -0.3 is 9.47 Å². The van der Waals surface area contributed by atoms with Crippen molar-refractivity contribution in [2.75, 3.05) is 13.1 Å². The number of piperidine rings is 1. The third kappa shape index (κ3) is 2.49. The lowest BCUT2D eigenvalue weighted by Crippen LogP contribution is -2.48. The van der Waals surface area contributed by atoms with Gasteiger partial charge in [0.1, 0.15) is 0 Å². The molecule has 0 N–H and O–H groups in total. The summed E-state index contributed by atoms with van der Waals surface area (Å²) < 4.78 is 1.91. The number of aryl methyl sites for hydroxylation is 2. The first-order valence-corrected chi connectivity index (χ1v) is 9.18. The van der Waals surface area contributed by atoms with E-state index < -0.39 is 0 Å². The van der Waals surface area contributed by atoms with E-state index in [1.165, 1.54) is 0 Å². The highest BCUT2D eigenvalue weighted by atomic mass is 32.1. The Morgan fingerprint density at radius 1 is 1.25 bits per heavy atom. The van der Waals surface area contributed by atoms with Crippen LogP contribution in [0.2, 0.25) is 0 Å². The summed E-state index contributed by atoms with van der Waals surface area (Å²) in [7, 11) is 0. The molecule has 0 radical (unpaired) electrons. The van der Waals surface area contributed by atoms with Crippen LogP contribution in [0.3, 0.4) is 0 Å². The van der Waals surface area contributed by atoms with E-state index in [2.05, 4.69) is 11.1 Å². The van der Waals surface area contributed by atoms with Gasteiger partial charge in [0.05, 0.1) is 10.7 Å². The maximum atomic E-state index is 12.7. The molecule has 2 atom stereocenters. The average molecular weight is 343 g/mol. The van der Waals surface area contributed by atoms with E-state index in [1.54, 1.807) is 24.3 Å². The minimum atomic E-state index is 0.0542. The first-order chi connectivity index (χ1) is 11.4. The van der Waals surface area contributed by atoms with E-state index in [1.807, 2.05) is 23.3 Å². The second-order valence-corrected chi connectivity index (χ2v) is 8.39. The Kier molecular flexibility index (Phi) is 3.60. The van der Waals surface area contributed by atoms with Crippen LogP contribution in [-0.4, -0.2) is 33.4 Å². The number of pyridine rings is 1. The standard InChI is InChI=1S/C18H21N3O2S/c1-10-18(19-11(2)24-10)14-5-16-15-4-13(7-20(9-15)12(3)22)8-21(16)17(23)6-14/h5-6,13,15H,4,7-9H2,1-3H3/t13-,15+/m0/s1. The van der Waals surface area contributed by atoms with E-state index in [-0.39, 0.29) is 17.4 Å². The summed E-state index contributed by atoms with van der Waals surface area (Å²) in [6, 6.07) is 3.84. The van der Waals surface area contributed by atoms with Gasteiger partial charge >= 0.3 is 0 Å². The van der Waals surface area contributed by atoms with Crippen molar-refractivity contribution in [1.82, 2.24) is 14.5 Å². The van der Waals surface area contributed by atoms with Gasteiger partial charge in [0.25, 0.3) is 5.56 Å². The Hall–Kier alpha value is -1.95. The maximum absolute atomic E-state index is 12.7. The molecule has 0 aliphatic carbocycles. The highest BCUT2D eigenvalue weighted by Crippen LogP contribution is 2.37. The van der Waals surface area contributed by atoms with Crippen molar-refractivity contribution in [3.8, 4) is 11.3 Å². The maximum Gasteiger partial charge on any atom is 0.251 e. The largest absolute Gasteiger partial charge is 0.342 e. The van der Waals surface area contributed by atoms with Gasteiger partial charge in [0.2, 0.25) is 5.91 Å². The molecule has 6 heteroatoms. The molecular weight excluding hydrogens is 322 g/mol. The smallest absolute Gasteiger partial charge is 0.251 e. The number of likely N-dealkylation sites (tertiary alicyclic amines) is 1. The highest BCUT2D eigenvalue weighted by molar-refractivity contribution is 7.11. The number of thiazole rings is 1. The molecule has 2 aromatic heterocycles. The molecule has 126 valence electrons. The summed E-state index contributed by atoms with van der Waals surface area (Å²) in [5, 5.41) is 1.01. The lowest BCUT2D eigenvalue weighted by molar-refractivity contribution is -0.131. The highest BCUT2D eigenvalue weighted by Gasteiger charge is 2.35. The molecule has 5 nitrogen and oxygen atoms in total. The van der Waals surface area contributed by atoms with Crippen molar-refractivity contribution in [2.45, 2.75) is 39.7 Å². The number of nitrogens with zero attached hydrogens (tertiary/aromatic N) is 3. The monoisotopic (exact) mass is 343 g/mol. The molecule has 1 amide bonds. The first-order valence-electron chi connectivity index (χ1n) is 8.37. The number of hydrogen-bond acceptors (Lipinski definition) is 4. The van der Waals surface area contributed by atoms with Crippen LogP contribution in [-0.2, 0) is 11.3 Å². The second-order valence-electron chi connectivity index (χ2n) is 6.98. The SMILES string of the molecule is CC(=O)N1C[C@@H]2C[C@H](C1)c1cc(-c3nc(C)sc3C)cc(=O)n1C2. The van der Waals surface area contributed by atoms with Gasteiger partial charge in [-0.2, -0.15) is 0 Å². The third-order valence-corrected chi connectivity index (χ3v) is 6.06. The average Bonchev–Trinajstić information content (AvgIpc) is 2.86. The zero-order chi connectivity index (χ0) is 17.0. The molecule has 2 aliphatic heterocycles. The summed E-state index contributed by atoms with van der Waals surface area (Å²) in [6.45, 7) is 7.86. The minimum Gasteiger partial charge on any atom is -0.342 e. The number of hydrogen-bond donors (Lipinski definition) is 0. The Morgan fingerprint density at radius 3 is 2.71 bits per heavy atom. The molecular formula is C18H21N3O2S. The molecule has 4 heterocycles. The molecule has 0 saturated carbocycles. The Bertz CT molecular complexity index is 883. The number of carbonyl (C=O) groups excluding carboxylic acids is 1. The molecule has 1 saturated heterocycles. The summed E-state index contributed by atoms with van der Waals surface area (Å²) in [5.74, 6) is 0.753. The predicted molar refractivity (Wildman–Crippen MR) is 94.4 cm³/mol. The van der Waals surface area contributed by atoms with Crippen molar-refractivity contribution < 1.29 is 4.79 Å². The van der Waals surface area contributed by atoms with E-state index in [4.69, 9.17) is 0 Å². The molecule has 4 rings (SSSR count). The van der Waals surface area contributed by atoms with Crippen LogP contribution < -0.4 is 5.56 Å². The summed E-state index contributed by atoms with van der Waals surface area (Å²) >= 11 is 1.66. The number of rotatable bonds is 1. The van der Waals surface area contributed by atoms with Crippen LogP contribution in [0.4, 0.5) is 0 Å². The van der Waals surface area contributed by atoms with Crippen LogP contribution in [0.15, 0.2) is 16.9 Å². The summed E-state index contributed by atoms with van der Waals surface area (Å²) in [4.78, 5) is 32.1. The topological polar surface area (TPSA) is 55.2 Å². The van der Waals surface area contributed by atoms with Crippen LogP contribution in [0.25, 0.3) is 11.3 Å². The number of aromatic nitrogens is 2. The van der Waals surface area contributed by atoms with E-state index in [0.29, 0.717) is 19.0 Å². The molecule has 0 unspecified atom stereocenters. The Morgan fingerprint density at radius 2 is 2.04 bits per heavy atom. The summed E-state index contributed by atoms with van der Waals surface area (Å²) in [5.41, 5.74) is 2.94. The minimum absolute atomic E-state index is 0.0542. The van der Waals surface area contributed by atoms with Crippen LogP contribution in [0.5, 0.6) is 0 Å². The molecule has 2 bridgehead atoms. The van der Waals surface area contributed by atoms with Crippen molar-refractivity contribution >= 4 is 17.2 Å². The molecule has 0 aromatic carbocycles. The Labute approximate surface area is 144 Å². The van der Waals surface area contributed by atoms with Gasteiger partial charge in [-0.15, -0.1) is 11.3 Å². The van der Waals surface area contributed by atoms with E-state index >= 15 is 0 Å². The lowest BCUT2D eigenvalue weighted by atomic mass is 9.82. The third-order valence-electron chi connectivity index (χ3n) is 5.18. The first kappa shape index (κ1) is 15.6. The van der Waals surface area contributed by atoms with E-state index in [0.717, 1.165) is 39.8 Å². The predicted octanol–water partition coefficient (Wildman–Crippen LogP) is 2.55. The zero-order valence-corrected chi connectivity index (χ0v) is 15.0. The number of fused-ring (bicyclic) bond motifs is 4. The van der Waals surface area contributed by atoms with Gasteiger partial charge in [0.15, 0.2) is 0 Å². The quantitative estimate of drug-likeness (QED) is 0.800. The molecule has 1 fully saturated rings. The van der Waals surface area contributed by atoms with Gasteiger partial charge in [-0.3, -0.25) is 9.59 Å². The van der Waals surface area contributed by atoms with Crippen LogP contribution >= 0.6 is 11.3 Å². The van der Waals surface area contributed by atoms with Gasteiger partial charge in [0, 0.05) is 54.7 Å². The fourth-order valence-electron chi connectivity index (χ4n) is 4.15. The van der Waals surface area contributed by atoms with Crippen molar-refractivity contribution in [3.05, 3.63) is 38.1 Å². The van der Waals surface area contributed by atoms with Crippen molar-refractivity contribution in [2.24, 2.45) is 5.92 Å². The van der Waals surface area contributed by atoms with Gasteiger partial charge in [-0.05, 0) is 32.3 Å². The number of amides is 1. The fourth-order valence-corrected chi connectivity index (χ4v) is 4.99. The fraction of sp³-hybridized carbons (Fsp3) is 0.500. The summed E-state index contributed by atoms with van der Waals surface area (Å²) in [6.07, 6.45) is 1.06. The molecule has 2 aromatic rings. The normalized spacial score (nSPS) is 22.4. The molecule has 0 spiro atoms. The zero-order valence-electron chi connectivity index (χ0n) is 14.2. The van der Waals surface area contributed by atoms with Crippen molar-refractivity contribution in [1.29, 1.82) is 0 Å². The number of carbonyl (C=O) groups is 1. The van der Waals surface area contributed by atoms with Gasteiger partial charge in [-0.25, -0.2) is 4.98 Å². The van der Waals surface area contributed by atoms with Crippen LogP contribution in [0, 0.1) is 19.8 Å². The molecule has 24 heavy (non-hydrogen) atoms.